The molecule has 0 amide bonds. The average molecular weight is 287 g/mol. The molecular formula is C16H38Si2. The molecule has 0 aromatic heterocycles. The Morgan fingerprint density at radius 1 is 0.556 bits per heavy atom. The lowest BCUT2D eigenvalue weighted by molar-refractivity contribution is 0.534. The summed E-state index contributed by atoms with van der Waals surface area (Å²) < 4.78 is 0. The number of rotatable bonds is 2. The summed E-state index contributed by atoms with van der Waals surface area (Å²) in [5.41, 5.74) is 1.54. The number of hydrogen-bond donors (Lipinski definition) is 0. The molecule has 0 saturated carbocycles. The van der Waals surface area contributed by atoms with Crippen LogP contribution in [0.1, 0.15) is 62.3 Å². The maximum absolute atomic E-state index is 2.55. The third-order valence-electron chi connectivity index (χ3n) is 4.64. The largest absolute Gasteiger partial charge is 0.0698 e. The highest BCUT2D eigenvalue weighted by Gasteiger charge is 2.60. The van der Waals surface area contributed by atoms with Crippen molar-refractivity contribution in [2.24, 2.45) is 0 Å². The second-order valence-corrected chi connectivity index (χ2v) is 23.2. The van der Waals surface area contributed by atoms with E-state index in [1.807, 2.05) is 0 Å². The first-order valence-corrected chi connectivity index (χ1v) is 13.4. The summed E-state index contributed by atoms with van der Waals surface area (Å²) in [6.07, 6.45) is 0. The molecule has 0 radical (unpaired) electrons. The molecule has 0 aliphatic carbocycles. The SMILES string of the molecule is CC(C)(C)[Si](C[Si](C)(C)C)(C(C)(C)C)C(C)(C)C. The summed E-state index contributed by atoms with van der Waals surface area (Å²) in [4.78, 5) is 0. The third-order valence-corrected chi connectivity index (χ3v) is 18.7. The van der Waals surface area contributed by atoms with Crippen LogP contribution in [0.3, 0.4) is 0 Å². The second-order valence-electron chi connectivity index (χ2n) is 10.4. The third kappa shape index (κ3) is 3.50. The molecule has 0 saturated heterocycles. The predicted molar refractivity (Wildman–Crippen MR) is 93.1 cm³/mol. The molecular weight excluding hydrogens is 248 g/mol. The molecule has 0 aromatic carbocycles. The Hall–Kier alpha value is 0.434. The van der Waals surface area contributed by atoms with Crippen LogP contribution >= 0.6 is 0 Å². The fourth-order valence-corrected chi connectivity index (χ4v) is 24.4. The van der Waals surface area contributed by atoms with Crippen molar-refractivity contribution in [1.29, 1.82) is 0 Å². The van der Waals surface area contributed by atoms with Gasteiger partial charge in [0, 0.05) is 8.07 Å². The van der Waals surface area contributed by atoms with Gasteiger partial charge in [-0.1, -0.05) is 87.6 Å². The summed E-state index contributed by atoms with van der Waals surface area (Å²) in [5.74, 6) is 0. The maximum Gasteiger partial charge on any atom is 0.0671 e. The Bertz CT molecular complexity index is 240. The second kappa shape index (κ2) is 4.77. The van der Waals surface area contributed by atoms with Crippen molar-refractivity contribution in [3.8, 4) is 0 Å². The lowest BCUT2D eigenvalue weighted by atomic mass is 10.2. The molecule has 0 spiro atoms. The van der Waals surface area contributed by atoms with Crippen molar-refractivity contribution in [2.45, 2.75) is 103 Å². The van der Waals surface area contributed by atoms with Gasteiger partial charge in [0.2, 0.25) is 0 Å². The van der Waals surface area contributed by atoms with E-state index in [1.165, 1.54) is 5.67 Å². The van der Waals surface area contributed by atoms with Crippen molar-refractivity contribution < 1.29 is 0 Å². The topological polar surface area (TPSA) is 0 Å². The van der Waals surface area contributed by atoms with Crippen LogP contribution in [0.2, 0.25) is 40.4 Å². The zero-order valence-corrected chi connectivity index (χ0v) is 17.2. The molecule has 0 aliphatic rings. The van der Waals surface area contributed by atoms with E-state index in [-0.39, 0.29) is 0 Å². The van der Waals surface area contributed by atoms with Crippen LogP contribution in [-0.2, 0) is 0 Å². The molecule has 0 unspecified atom stereocenters. The fourth-order valence-electron chi connectivity index (χ4n) is 4.97. The molecule has 0 aliphatic heterocycles. The van der Waals surface area contributed by atoms with Crippen molar-refractivity contribution >= 4 is 16.1 Å². The van der Waals surface area contributed by atoms with E-state index < -0.39 is 16.1 Å². The van der Waals surface area contributed by atoms with Crippen LogP contribution in [0, 0.1) is 0 Å². The van der Waals surface area contributed by atoms with E-state index in [0.717, 1.165) is 0 Å². The Labute approximate surface area is 119 Å². The van der Waals surface area contributed by atoms with Gasteiger partial charge in [-0.2, -0.15) is 0 Å². The summed E-state index contributed by atoms with van der Waals surface area (Å²) >= 11 is 0. The van der Waals surface area contributed by atoms with Crippen LogP contribution in [0.25, 0.3) is 0 Å². The van der Waals surface area contributed by atoms with Crippen molar-refractivity contribution in [3.63, 3.8) is 0 Å². The van der Waals surface area contributed by atoms with Crippen LogP contribution in [0.15, 0.2) is 0 Å². The lowest BCUT2D eigenvalue weighted by Crippen LogP contribution is -2.61. The molecule has 0 aromatic rings. The fraction of sp³-hybridized carbons (Fsp3) is 1.00. The molecule has 0 atom stereocenters. The number of hydrogen-bond acceptors (Lipinski definition) is 0. The molecule has 0 N–H and O–H groups in total. The van der Waals surface area contributed by atoms with E-state index in [1.54, 1.807) is 0 Å². The first-order chi connectivity index (χ1) is 7.46. The first-order valence-electron chi connectivity index (χ1n) is 7.46. The van der Waals surface area contributed by atoms with E-state index in [2.05, 4.69) is 82.0 Å². The molecule has 0 bridgehead atoms. The van der Waals surface area contributed by atoms with Crippen molar-refractivity contribution in [3.05, 3.63) is 0 Å². The summed E-state index contributed by atoms with van der Waals surface area (Å²) in [7, 11) is -2.53. The minimum absolute atomic E-state index is 0.462. The Balaban J connectivity index is 6.10. The molecule has 0 heterocycles. The van der Waals surface area contributed by atoms with Gasteiger partial charge in [0.05, 0.1) is 8.07 Å². The summed E-state index contributed by atoms with van der Waals surface area (Å²) in [5, 5.41) is 1.39. The van der Waals surface area contributed by atoms with Gasteiger partial charge >= 0.3 is 0 Å². The predicted octanol–water partition coefficient (Wildman–Crippen LogP) is 6.71. The van der Waals surface area contributed by atoms with Crippen LogP contribution < -0.4 is 0 Å². The zero-order valence-electron chi connectivity index (χ0n) is 15.2. The van der Waals surface area contributed by atoms with Gasteiger partial charge in [0.25, 0.3) is 0 Å². The van der Waals surface area contributed by atoms with Gasteiger partial charge < -0.3 is 0 Å². The summed E-state index contributed by atoms with van der Waals surface area (Å²) in [6, 6.07) is 0. The van der Waals surface area contributed by atoms with E-state index in [9.17, 15) is 0 Å². The highest BCUT2D eigenvalue weighted by Crippen LogP contribution is 2.64. The van der Waals surface area contributed by atoms with Crippen molar-refractivity contribution in [2.75, 3.05) is 0 Å². The Morgan fingerprint density at radius 3 is 0.833 bits per heavy atom. The van der Waals surface area contributed by atoms with Crippen LogP contribution in [0.5, 0.6) is 0 Å². The minimum Gasteiger partial charge on any atom is -0.0698 e. The van der Waals surface area contributed by atoms with Gasteiger partial charge in [-0.15, -0.1) is 0 Å². The maximum atomic E-state index is 2.55. The molecule has 0 rings (SSSR count). The van der Waals surface area contributed by atoms with Crippen LogP contribution in [0.4, 0.5) is 0 Å². The van der Waals surface area contributed by atoms with Crippen LogP contribution in [-0.4, -0.2) is 16.1 Å². The monoisotopic (exact) mass is 286 g/mol. The first kappa shape index (κ1) is 18.4. The van der Waals surface area contributed by atoms with Gasteiger partial charge in [0.15, 0.2) is 0 Å². The quantitative estimate of drug-likeness (QED) is 0.495. The van der Waals surface area contributed by atoms with Gasteiger partial charge in [-0.25, -0.2) is 0 Å². The van der Waals surface area contributed by atoms with Crippen molar-refractivity contribution in [1.82, 2.24) is 0 Å². The van der Waals surface area contributed by atoms with E-state index >= 15 is 0 Å². The van der Waals surface area contributed by atoms with E-state index in [0.29, 0.717) is 15.1 Å². The molecule has 110 valence electrons. The Morgan fingerprint density at radius 2 is 0.778 bits per heavy atom. The normalized spacial score (nSPS) is 16.0. The highest BCUT2D eigenvalue weighted by atomic mass is 28.4. The molecule has 0 fully saturated rings. The standard InChI is InChI=1S/C16H38Si2/c1-14(2,3)18(15(4,5)6,16(7,8)9)13-17(10,11)12/h13H2,1-12H3. The zero-order chi connectivity index (χ0) is 15.2. The molecule has 2 heteroatoms. The van der Waals surface area contributed by atoms with Gasteiger partial charge in [0.1, 0.15) is 0 Å². The molecule has 0 nitrogen and oxygen atoms in total. The Kier molecular flexibility index (Phi) is 4.88. The van der Waals surface area contributed by atoms with Gasteiger partial charge in [-0.3, -0.25) is 0 Å². The average Bonchev–Trinajstić information content (AvgIpc) is 1.90. The minimum atomic E-state index is -1.47. The molecule has 18 heavy (non-hydrogen) atoms. The van der Waals surface area contributed by atoms with E-state index in [4.69, 9.17) is 0 Å². The lowest BCUT2D eigenvalue weighted by Gasteiger charge is -2.61. The summed E-state index contributed by atoms with van der Waals surface area (Å²) in [6.45, 7) is 30.2. The highest BCUT2D eigenvalue weighted by molar-refractivity contribution is 7.00. The van der Waals surface area contributed by atoms with Gasteiger partial charge in [-0.05, 0) is 15.1 Å². The smallest absolute Gasteiger partial charge is 0.0671 e.